The summed E-state index contributed by atoms with van der Waals surface area (Å²) in [6, 6.07) is 0.0395. The van der Waals surface area contributed by atoms with Crippen LogP contribution < -0.4 is 11.1 Å². The van der Waals surface area contributed by atoms with Crippen molar-refractivity contribution in [2.75, 3.05) is 6.54 Å². The molecule has 5 heteroatoms. The van der Waals surface area contributed by atoms with Crippen LogP contribution in [0, 0.1) is 17.8 Å². The van der Waals surface area contributed by atoms with Gasteiger partial charge in [-0.1, -0.05) is 6.42 Å². The van der Waals surface area contributed by atoms with Gasteiger partial charge in [-0.05, 0) is 44.6 Å². The zero-order valence-electron chi connectivity index (χ0n) is 10.6. The van der Waals surface area contributed by atoms with Crippen molar-refractivity contribution in [3.05, 3.63) is 0 Å². The Hall–Kier alpha value is -1.10. The Balaban J connectivity index is 1.83. The quantitative estimate of drug-likeness (QED) is 0.689. The fraction of sp³-hybridized carbons (Fsp3) is 0.846. The van der Waals surface area contributed by atoms with Crippen molar-refractivity contribution in [2.24, 2.45) is 23.5 Å². The van der Waals surface area contributed by atoms with Gasteiger partial charge in [0.15, 0.2) is 0 Å². The number of carboxylic acids is 1. The van der Waals surface area contributed by atoms with Crippen LogP contribution in [0.4, 0.5) is 0 Å². The third-order valence-corrected chi connectivity index (χ3v) is 4.43. The van der Waals surface area contributed by atoms with E-state index in [9.17, 15) is 9.59 Å². The second kappa shape index (κ2) is 5.69. The molecule has 0 saturated heterocycles. The van der Waals surface area contributed by atoms with Gasteiger partial charge < -0.3 is 16.2 Å². The molecular weight excluding hydrogens is 232 g/mol. The van der Waals surface area contributed by atoms with Crippen molar-refractivity contribution in [3.63, 3.8) is 0 Å². The lowest BCUT2D eigenvalue weighted by atomic mass is 9.95. The Labute approximate surface area is 107 Å². The zero-order valence-corrected chi connectivity index (χ0v) is 10.6. The summed E-state index contributed by atoms with van der Waals surface area (Å²) >= 11 is 0. The van der Waals surface area contributed by atoms with Gasteiger partial charge in [-0.25, -0.2) is 0 Å². The first kappa shape index (κ1) is 13.3. The van der Waals surface area contributed by atoms with E-state index >= 15 is 0 Å². The highest BCUT2D eigenvalue weighted by Gasteiger charge is 2.35. The second-order valence-corrected chi connectivity index (χ2v) is 5.59. The van der Waals surface area contributed by atoms with Crippen molar-refractivity contribution in [1.82, 2.24) is 5.32 Å². The fourth-order valence-electron chi connectivity index (χ4n) is 3.31. The Morgan fingerprint density at radius 3 is 2.61 bits per heavy atom. The molecule has 5 nitrogen and oxygen atoms in total. The predicted octanol–water partition coefficient (Wildman–Crippen LogP) is 0.731. The van der Waals surface area contributed by atoms with E-state index in [0.29, 0.717) is 25.3 Å². The van der Waals surface area contributed by atoms with Gasteiger partial charge in [0.1, 0.15) is 0 Å². The lowest BCUT2D eigenvalue weighted by Gasteiger charge is -2.20. The fourth-order valence-corrected chi connectivity index (χ4v) is 3.31. The van der Waals surface area contributed by atoms with Crippen LogP contribution in [0.1, 0.15) is 38.5 Å². The molecule has 4 atom stereocenters. The second-order valence-electron chi connectivity index (χ2n) is 5.59. The highest BCUT2D eigenvalue weighted by atomic mass is 16.4. The van der Waals surface area contributed by atoms with Gasteiger partial charge in [0, 0.05) is 12.0 Å². The molecule has 2 rings (SSSR count). The molecule has 0 bridgehead atoms. The van der Waals surface area contributed by atoms with E-state index in [0.717, 1.165) is 25.7 Å². The van der Waals surface area contributed by atoms with Gasteiger partial charge in [-0.2, -0.15) is 0 Å². The Bertz CT molecular complexity index is 332. The highest BCUT2D eigenvalue weighted by molar-refractivity contribution is 5.80. The molecule has 2 fully saturated rings. The molecule has 2 aliphatic rings. The smallest absolute Gasteiger partial charge is 0.306 e. The Morgan fingerprint density at radius 2 is 2.00 bits per heavy atom. The third kappa shape index (κ3) is 2.83. The number of aliphatic carboxylic acids is 1. The number of hydrogen-bond donors (Lipinski definition) is 3. The first-order valence-corrected chi connectivity index (χ1v) is 6.85. The summed E-state index contributed by atoms with van der Waals surface area (Å²) in [6.07, 6.45) is 5.05. The maximum atomic E-state index is 12.1. The number of carbonyl (C=O) groups is 2. The monoisotopic (exact) mass is 254 g/mol. The minimum Gasteiger partial charge on any atom is -0.481 e. The average Bonchev–Trinajstić information content (AvgIpc) is 2.96. The average molecular weight is 254 g/mol. The molecule has 18 heavy (non-hydrogen) atoms. The van der Waals surface area contributed by atoms with E-state index in [2.05, 4.69) is 5.32 Å². The van der Waals surface area contributed by atoms with Gasteiger partial charge in [0.25, 0.3) is 0 Å². The molecule has 1 amide bonds. The molecule has 102 valence electrons. The Morgan fingerprint density at radius 1 is 1.22 bits per heavy atom. The highest BCUT2D eigenvalue weighted by Crippen LogP contribution is 2.32. The van der Waals surface area contributed by atoms with Crippen molar-refractivity contribution in [3.8, 4) is 0 Å². The van der Waals surface area contributed by atoms with Crippen LogP contribution in [-0.4, -0.2) is 29.6 Å². The minimum absolute atomic E-state index is 0.0395. The van der Waals surface area contributed by atoms with Gasteiger partial charge in [-0.3, -0.25) is 9.59 Å². The minimum atomic E-state index is -0.743. The van der Waals surface area contributed by atoms with E-state index in [1.54, 1.807) is 0 Å². The SMILES string of the molecule is NCC1CCCC1C(=O)N[C@H]1CC[C@@H](C(=O)O)C1. The van der Waals surface area contributed by atoms with Crippen LogP contribution in [0.2, 0.25) is 0 Å². The largest absolute Gasteiger partial charge is 0.481 e. The molecule has 0 aromatic heterocycles. The molecule has 0 aromatic carbocycles. The number of nitrogens with two attached hydrogens (primary N) is 1. The van der Waals surface area contributed by atoms with Crippen LogP contribution in [0.15, 0.2) is 0 Å². The number of hydrogen-bond acceptors (Lipinski definition) is 3. The molecule has 2 aliphatic carbocycles. The van der Waals surface area contributed by atoms with Gasteiger partial charge in [0.2, 0.25) is 5.91 Å². The summed E-state index contributed by atoms with van der Waals surface area (Å²) in [4.78, 5) is 23.0. The molecular formula is C13H22N2O3. The lowest BCUT2D eigenvalue weighted by Crippen LogP contribution is -2.40. The predicted molar refractivity (Wildman–Crippen MR) is 66.8 cm³/mol. The number of amides is 1. The van der Waals surface area contributed by atoms with Crippen molar-refractivity contribution >= 4 is 11.9 Å². The maximum Gasteiger partial charge on any atom is 0.306 e. The Kier molecular flexibility index (Phi) is 4.22. The van der Waals surface area contributed by atoms with Crippen molar-refractivity contribution < 1.29 is 14.7 Å². The number of carboxylic acid groups (broad SMARTS) is 1. The molecule has 0 heterocycles. The van der Waals surface area contributed by atoms with Crippen molar-refractivity contribution in [1.29, 1.82) is 0 Å². The molecule has 4 N–H and O–H groups in total. The lowest BCUT2D eigenvalue weighted by molar-refractivity contribution is -0.141. The summed E-state index contributed by atoms with van der Waals surface area (Å²) in [6.45, 7) is 0.570. The van der Waals surface area contributed by atoms with Crippen LogP contribution in [0.5, 0.6) is 0 Å². The molecule has 2 saturated carbocycles. The topological polar surface area (TPSA) is 92.4 Å². The molecule has 0 aromatic rings. The van der Waals surface area contributed by atoms with Gasteiger partial charge in [0.05, 0.1) is 5.92 Å². The third-order valence-electron chi connectivity index (χ3n) is 4.43. The van der Waals surface area contributed by atoms with Crippen molar-refractivity contribution in [2.45, 2.75) is 44.6 Å². The van der Waals surface area contributed by atoms with Gasteiger partial charge >= 0.3 is 5.97 Å². The van der Waals surface area contributed by atoms with Crippen LogP contribution in [-0.2, 0) is 9.59 Å². The summed E-state index contributed by atoms with van der Waals surface area (Å²) < 4.78 is 0. The molecule has 2 unspecified atom stereocenters. The van der Waals surface area contributed by atoms with Crippen LogP contribution in [0.3, 0.4) is 0 Å². The van der Waals surface area contributed by atoms with E-state index < -0.39 is 5.97 Å². The van der Waals surface area contributed by atoms with Crippen LogP contribution >= 0.6 is 0 Å². The summed E-state index contributed by atoms with van der Waals surface area (Å²) in [5, 5.41) is 11.9. The van der Waals surface area contributed by atoms with E-state index in [1.165, 1.54) is 0 Å². The summed E-state index contributed by atoms with van der Waals surface area (Å²) in [5.74, 6) is -0.601. The maximum absolute atomic E-state index is 12.1. The molecule has 0 spiro atoms. The zero-order chi connectivity index (χ0) is 13.1. The number of rotatable bonds is 4. The first-order valence-electron chi connectivity index (χ1n) is 6.85. The van der Waals surface area contributed by atoms with E-state index in [-0.39, 0.29) is 23.8 Å². The van der Waals surface area contributed by atoms with E-state index in [1.807, 2.05) is 0 Å². The molecule has 0 aliphatic heterocycles. The summed E-state index contributed by atoms with van der Waals surface area (Å²) in [5.41, 5.74) is 5.67. The number of nitrogens with one attached hydrogen (secondary N) is 1. The molecule has 0 radical (unpaired) electrons. The number of carbonyl (C=O) groups excluding carboxylic acids is 1. The summed E-state index contributed by atoms with van der Waals surface area (Å²) in [7, 11) is 0. The van der Waals surface area contributed by atoms with Gasteiger partial charge in [-0.15, -0.1) is 0 Å². The van der Waals surface area contributed by atoms with Crippen LogP contribution in [0.25, 0.3) is 0 Å². The first-order chi connectivity index (χ1) is 8.61. The standard InChI is InChI=1S/C13H22N2O3/c14-7-9-2-1-3-11(9)12(16)15-10-5-4-8(6-10)13(17)18/h8-11H,1-7,14H2,(H,15,16)(H,17,18)/t8-,9?,10+,11?/m1/s1. The normalized spacial score (nSPS) is 35.6. The van der Waals surface area contributed by atoms with E-state index in [4.69, 9.17) is 10.8 Å².